The Morgan fingerprint density at radius 2 is 1.90 bits per heavy atom. The van der Waals surface area contributed by atoms with Crippen molar-refractivity contribution < 1.29 is 13.6 Å². The van der Waals surface area contributed by atoms with Gasteiger partial charge in [-0.1, -0.05) is 6.07 Å². The maximum atomic E-state index is 13.9. The zero-order valence-corrected chi connectivity index (χ0v) is 16.2. The molecule has 0 fully saturated rings. The molecular weight excluding hydrogens is 390 g/mol. The van der Waals surface area contributed by atoms with Gasteiger partial charge in [0.15, 0.2) is 17.5 Å². The fourth-order valence-corrected chi connectivity index (χ4v) is 3.11. The van der Waals surface area contributed by atoms with Crippen molar-refractivity contribution >= 4 is 34.1 Å². The topological polar surface area (TPSA) is 85.9 Å². The lowest BCUT2D eigenvalue weighted by molar-refractivity contribution is 0.262. The maximum Gasteiger partial charge on any atom is 0.324 e. The molecule has 0 aliphatic rings. The lowest BCUT2D eigenvalue weighted by Crippen LogP contribution is -2.19. The molecule has 0 saturated carbocycles. The van der Waals surface area contributed by atoms with Crippen LogP contribution in [0.5, 0.6) is 0 Å². The normalized spacial score (nSPS) is 10.8. The summed E-state index contributed by atoms with van der Waals surface area (Å²) in [5.74, 6) is -0.943. The van der Waals surface area contributed by atoms with Crippen molar-refractivity contribution in [2.75, 3.05) is 29.6 Å². The zero-order chi connectivity index (χ0) is 21.3. The Kier molecular flexibility index (Phi) is 5.01. The molecule has 2 aromatic carbocycles. The summed E-state index contributed by atoms with van der Waals surface area (Å²) in [6.45, 7) is 0. The highest BCUT2D eigenvalue weighted by Gasteiger charge is 2.13. The number of hydrogen-bond acceptors (Lipinski definition) is 4. The molecule has 0 saturated heterocycles. The molecule has 0 bridgehead atoms. The molecule has 0 spiro atoms. The Bertz CT molecular complexity index is 1240. The molecule has 30 heavy (non-hydrogen) atoms. The van der Waals surface area contributed by atoms with Crippen LogP contribution in [-0.2, 0) is 0 Å². The molecule has 2 heterocycles. The second kappa shape index (κ2) is 7.78. The highest BCUT2D eigenvalue weighted by molar-refractivity contribution is 6.02. The first-order valence-corrected chi connectivity index (χ1v) is 9.06. The Balaban J connectivity index is 1.49. The number of H-pyrrole nitrogens is 1. The minimum Gasteiger partial charge on any atom is -0.362 e. The van der Waals surface area contributed by atoms with Crippen molar-refractivity contribution in [3.8, 4) is 11.3 Å². The number of nitrogens with zero attached hydrogens (tertiary/aromatic N) is 3. The predicted octanol–water partition coefficient (Wildman–Crippen LogP) is 4.61. The summed E-state index contributed by atoms with van der Waals surface area (Å²) in [4.78, 5) is 18.6. The van der Waals surface area contributed by atoms with Crippen LogP contribution in [0.15, 0.2) is 54.7 Å². The number of hydrogen-bond donors (Lipinski definition) is 3. The van der Waals surface area contributed by atoms with Gasteiger partial charge in [-0.15, -0.1) is 0 Å². The monoisotopic (exact) mass is 408 g/mol. The van der Waals surface area contributed by atoms with Crippen LogP contribution in [0.1, 0.15) is 0 Å². The lowest BCUT2D eigenvalue weighted by atomic mass is 10.1. The van der Waals surface area contributed by atoms with Crippen molar-refractivity contribution in [3.63, 3.8) is 0 Å². The molecule has 2 aromatic heterocycles. The van der Waals surface area contributed by atoms with Crippen LogP contribution in [0.2, 0.25) is 0 Å². The Morgan fingerprint density at radius 1 is 1.07 bits per heavy atom. The number of carbonyl (C=O) groups is 1. The third kappa shape index (κ3) is 3.77. The van der Waals surface area contributed by atoms with Crippen molar-refractivity contribution in [1.82, 2.24) is 15.2 Å². The van der Waals surface area contributed by atoms with Gasteiger partial charge in [0.1, 0.15) is 5.82 Å². The molecule has 4 aromatic rings. The third-order valence-electron chi connectivity index (χ3n) is 4.49. The van der Waals surface area contributed by atoms with Crippen LogP contribution >= 0.6 is 0 Å². The van der Waals surface area contributed by atoms with E-state index in [0.717, 1.165) is 22.7 Å². The van der Waals surface area contributed by atoms with Gasteiger partial charge < -0.3 is 10.2 Å². The second-order valence-corrected chi connectivity index (χ2v) is 6.81. The largest absolute Gasteiger partial charge is 0.362 e. The summed E-state index contributed by atoms with van der Waals surface area (Å²) < 4.78 is 27.3. The van der Waals surface area contributed by atoms with Gasteiger partial charge in [0, 0.05) is 43.0 Å². The molecule has 0 aliphatic heterocycles. The van der Waals surface area contributed by atoms with E-state index in [0.29, 0.717) is 5.69 Å². The fourth-order valence-electron chi connectivity index (χ4n) is 3.11. The van der Waals surface area contributed by atoms with E-state index < -0.39 is 17.7 Å². The number of fused-ring (bicyclic) bond motifs is 1. The molecule has 3 N–H and O–H groups in total. The fraction of sp³-hybridized carbons (Fsp3) is 0.0952. The van der Waals surface area contributed by atoms with E-state index in [2.05, 4.69) is 25.8 Å². The number of aromatic nitrogens is 3. The average Bonchev–Trinajstić information content (AvgIpc) is 3.17. The average molecular weight is 408 g/mol. The van der Waals surface area contributed by atoms with Gasteiger partial charge in [-0.2, -0.15) is 5.10 Å². The standard InChI is InChI=1S/C21H18F2N6O/c1-29(2)20-14-7-6-13(10-12(14)8-9-24-20)25-21(30)26-18-11-17(27-28-18)15-4-3-5-16(22)19(15)23/h3-11H,1-2H3,(H3,25,26,27,28,30). The summed E-state index contributed by atoms with van der Waals surface area (Å²) >= 11 is 0. The molecule has 4 rings (SSSR count). The zero-order valence-electron chi connectivity index (χ0n) is 16.2. The van der Waals surface area contributed by atoms with E-state index in [1.165, 1.54) is 18.2 Å². The second-order valence-electron chi connectivity index (χ2n) is 6.81. The van der Waals surface area contributed by atoms with Crippen LogP contribution in [0.25, 0.3) is 22.0 Å². The maximum absolute atomic E-state index is 13.9. The number of benzene rings is 2. The lowest BCUT2D eigenvalue weighted by Gasteiger charge is -2.14. The summed E-state index contributed by atoms with van der Waals surface area (Å²) in [5, 5.41) is 13.7. The summed E-state index contributed by atoms with van der Waals surface area (Å²) in [5.41, 5.74) is 0.857. The number of carbonyl (C=O) groups excluding carboxylic acids is 1. The van der Waals surface area contributed by atoms with Gasteiger partial charge in [-0.25, -0.2) is 18.6 Å². The minimum atomic E-state index is -0.986. The molecule has 2 amide bonds. The first kappa shape index (κ1) is 19.3. The van der Waals surface area contributed by atoms with Crippen LogP contribution in [0.4, 0.5) is 30.9 Å². The van der Waals surface area contributed by atoms with Crippen molar-refractivity contribution in [3.05, 3.63) is 66.4 Å². The minimum absolute atomic E-state index is 0.0239. The molecule has 0 aliphatic carbocycles. The Hall–Kier alpha value is -4.01. The molecule has 0 atom stereocenters. The van der Waals surface area contributed by atoms with E-state index in [-0.39, 0.29) is 17.1 Å². The number of nitrogens with one attached hydrogen (secondary N) is 3. The van der Waals surface area contributed by atoms with Crippen LogP contribution in [0, 0.1) is 11.6 Å². The highest BCUT2D eigenvalue weighted by Crippen LogP contribution is 2.26. The third-order valence-corrected chi connectivity index (χ3v) is 4.49. The SMILES string of the molecule is CN(C)c1nccc2cc(NC(=O)Nc3cc(-c4cccc(F)c4F)[nH]n3)ccc12. The number of urea groups is 1. The van der Waals surface area contributed by atoms with Gasteiger partial charge >= 0.3 is 6.03 Å². The molecule has 7 nitrogen and oxygen atoms in total. The van der Waals surface area contributed by atoms with Gasteiger partial charge in [0.2, 0.25) is 0 Å². The van der Waals surface area contributed by atoms with Crippen LogP contribution < -0.4 is 15.5 Å². The van der Waals surface area contributed by atoms with Crippen LogP contribution in [-0.4, -0.2) is 35.3 Å². The Morgan fingerprint density at radius 3 is 2.70 bits per heavy atom. The molecule has 152 valence electrons. The van der Waals surface area contributed by atoms with E-state index in [9.17, 15) is 13.6 Å². The van der Waals surface area contributed by atoms with Gasteiger partial charge in [0.05, 0.1) is 5.69 Å². The van der Waals surface area contributed by atoms with Gasteiger partial charge in [0.25, 0.3) is 0 Å². The molecule has 0 radical (unpaired) electrons. The highest BCUT2D eigenvalue weighted by atomic mass is 19.2. The quantitative estimate of drug-likeness (QED) is 0.460. The molecule has 0 unspecified atom stereocenters. The van der Waals surface area contributed by atoms with Crippen molar-refractivity contribution in [2.45, 2.75) is 0 Å². The molecular formula is C21H18F2N6O. The van der Waals surface area contributed by atoms with E-state index in [1.807, 2.05) is 37.2 Å². The number of halogens is 2. The number of amides is 2. The smallest absolute Gasteiger partial charge is 0.324 e. The van der Waals surface area contributed by atoms with E-state index in [1.54, 1.807) is 12.3 Å². The number of anilines is 3. The van der Waals surface area contributed by atoms with Gasteiger partial charge in [-0.05, 0) is 41.8 Å². The van der Waals surface area contributed by atoms with E-state index >= 15 is 0 Å². The van der Waals surface area contributed by atoms with Crippen molar-refractivity contribution in [2.24, 2.45) is 0 Å². The first-order valence-electron chi connectivity index (χ1n) is 9.06. The number of rotatable bonds is 4. The van der Waals surface area contributed by atoms with Crippen LogP contribution in [0.3, 0.4) is 0 Å². The summed E-state index contributed by atoms with van der Waals surface area (Å²) in [6.07, 6.45) is 1.71. The number of pyridine rings is 1. The first-order chi connectivity index (χ1) is 14.4. The van der Waals surface area contributed by atoms with E-state index in [4.69, 9.17) is 0 Å². The Labute approximate surface area is 170 Å². The van der Waals surface area contributed by atoms with Gasteiger partial charge in [-0.3, -0.25) is 10.4 Å². The summed E-state index contributed by atoms with van der Waals surface area (Å²) in [7, 11) is 3.82. The van der Waals surface area contributed by atoms with Crippen molar-refractivity contribution in [1.29, 1.82) is 0 Å². The summed E-state index contributed by atoms with van der Waals surface area (Å²) in [6, 6.07) is 12.1. The number of aromatic amines is 1. The predicted molar refractivity (Wildman–Crippen MR) is 113 cm³/mol. The molecule has 9 heteroatoms.